The Morgan fingerprint density at radius 2 is 1.83 bits per heavy atom. The molecule has 0 aromatic heterocycles. The Balaban J connectivity index is 1.60. The van der Waals surface area contributed by atoms with Crippen LogP contribution in [0.1, 0.15) is 24.0 Å². The summed E-state index contributed by atoms with van der Waals surface area (Å²) < 4.78 is 26.7. The van der Waals surface area contributed by atoms with Crippen molar-refractivity contribution in [1.82, 2.24) is 4.31 Å². The van der Waals surface area contributed by atoms with Crippen LogP contribution in [-0.2, 0) is 20.6 Å². The number of nitrogens with one attached hydrogen (secondary N) is 1. The number of non-ortho nitro benzene ring substituents is 1. The van der Waals surface area contributed by atoms with Crippen LogP contribution in [0.15, 0.2) is 48.5 Å². The molecule has 1 N–H and O–H groups in total. The first-order valence-electron chi connectivity index (χ1n) is 9.34. The van der Waals surface area contributed by atoms with Crippen molar-refractivity contribution in [3.63, 3.8) is 0 Å². The lowest BCUT2D eigenvalue weighted by Crippen LogP contribution is -2.41. The van der Waals surface area contributed by atoms with Gasteiger partial charge >= 0.3 is 0 Å². The number of amides is 1. The van der Waals surface area contributed by atoms with E-state index in [0.717, 1.165) is 11.1 Å². The quantitative estimate of drug-likeness (QED) is 0.574. The Kier molecular flexibility index (Phi) is 6.29. The second-order valence-electron chi connectivity index (χ2n) is 7.16. The highest BCUT2D eigenvalue weighted by molar-refractivity contribution is 7.88. The Morgan fingerprint density at radius 1 is 1.17 bits per heavy atom. The van der Waals surface area contributed by atoms with Gasteiger partial charge in [-0.05, 0) is 30.9 Å². The Labute approximate surface area is 169 Å². The molecule has 1 heterocycles. The Bertz CT molecular complexity index is 1000. The second-order valence-corrected chi connectivity index (χ2v) is 9.13. The second kappa shape index (κ2) is 8.71. The highest BCUT2D eigenvalue weighted by atomic mass is 32.2. The zero-order valence-electron chi connectivity index (χ0n) is 16.1. The summed E-state index contributed by atoms with van der Waals surface area (Å²) in [6.45, 7) is 2.32. The summed E-state index contributed by atoms with van der Waals surface area (Å²) in [5.41, 5.74) is 1.77. The number of nitro benzene ring substituents is 1. The fraction of sp³-hybridized carbons (Fsp3) is 0.350. The maximum absolute atomic E-state index is 12.6. The van der Waals surface area contributed by atoms with E-state index >= 15 is 0 Å². The number of hydrogen-bond acceptors (Lipinski definition) is 5. The topological polar surface area (TPSA) is 110 Å². The van der Waals surface area contributed by atoms with E-state index in [-0.39, 0.29) is 36.4 Å². The lowest BCUT2D eigenvalue weighted by atomic mass is 9.97. The van der Waals surface area contributed by atoms with Gasteiger partial charge in [-0.1, -0.05) is 36.4 Å². The molecule has 1 amide bonds. The molecular weight excluding hydrogens is 394 g/mol. The van der Waals surface area contributed by atoms with E-state index in [1.165, 1.54) is 16.4 Å². The van der Waals surface area contributed by atoms with Gasteiger partial charge in [-0.3, -0.25) is 14.9 Å². The van der Waals surface area contributed by atoms with Crippen molar-refractivity contribution in [2.24, 2.45) is 5.92 Å². The molecule has 0 atom stereocenters. The van der Waals surface area contributed by atoms with E-state index in [1.54, 1.807) is 37.3 Å². The first-order chi connectivity index (χ1) is 13.8. The predicted octanol–water partition coefficient (Wildman–Crippen LogP) is 3.08. The van der Waals surface area contributed by atoms with Gasteiger partial charge in [0.05, 0.1) is 16.4 Å². The van der Waals surface area contributed by atoms with Gasteiger partial charge in [-0.15, -0.1) is 0 Å². The van der Waals surface area contributed by atoms with Gasteiger partial charge in [0.2, 0.25) is 15.9 Å². The van der Waals surface area contributed by atoms with Gasteiger partial charge in [0.15, 0.2) is 0 Å². The Morgan fingerprint density at radius 3 is 2.45 bits per heavy atom. The summed E-state index contributed by atoms with van der Waals surface area (Å²) in [6, 6.07) is 13.3. The third-order valence-corrected chi connectivity index (χ3v) is 6.95. The van der Waals surface area contributed by atoms with E-state index in [2.05, 4.69) is 5.32 Å². The van der Waals surface area contributed by atoms with Crippen LogP contribution in [0.25, 0.3) is 0 Å². The van der Waals surface area contributed by atoms with Crippen LogP contribution in [0.2, 0.25) is 0 Å². The fourth-order valence-electron chi connectivity index (χ4n) is 3.37. The molecule has 0 aliphatic carbocycles. The molecule has 2 aromatic rings. The summed E-state index contributed by atoms with van der Waals surface area (Å²) in [6.07, 6.45) is 0.821. The molecule has 0 saturated carbocycles. The molecule has 0 spiro atoms. The molecule has 29 heavy (non-hydrogen) atoms. The first-order valence-corrected chi connectivity index (χ1v) is 10.9. The number of sulfonamides is 1. The van der Waals surface area contributed by atoms with Gasteiger partial charge in [-0.25, -0.2) is 12.7 Å². The standard InChI is InChI=1S/C20H23N3O5S/c1-15-7-8-18(23(25)26)13-19(15)21-20(24)17-9-11-22(12-10-17)29(27,28)14-16-5-3-2-4-6-16/h2-8,13,17H,9-12,14H2,1H3,(H,21,24). The van der Waals surface area contributed by atoms with Gasteiger partial charge in [0.1, 0.15) is 0 Å². The number of nitrogens with zero attached hydrogens (tertiary/aromatic N) is 2. The molecule has 0 bridgehead atoms. The number of hydrogen-bond donors (Lipinski definition) is 1. The number of piperidine rings is 1. The van der Waals surface area contributed by atoms with Crippen molar-refractivity contribution in [3.8, 4) is 0 Å². The normalized spacial score (nSPS) is 15.8. The summed E-state index contributed by atoms with van der Waals surface area (Å²) in [5.74, 6) is -0.636. The zero-order valence-corrected chi connectivity index (χ0v) is 16.9. The minimum absolute atomic E-state index is 0.0580. The predicted molar refractivity (Wildman–Crippen MR) is 110 cm³/mol. The lowest BCUT2D eigenvalue weighted by molar-refractivity contribution is -0.384. The average molecular weight is 417 g/mol. The van der Waals surface area contributed by atoms with Crippen molar-refractivity contribution in [1.29, 1.82) is 0 Å². The molecule has 1 saturated heterocycles. The van der Waals surface area contributed by atoms with E-state index < -0.39 is 14.9 Å². The number of anilines is 1. The SMILES string of the molecule is Cc1ccc([N+](=O)[O-])cc1NC(=O)C1CCN(S(=O)(=O)Cc2ccccc2)CC1. The van der Waals surface area contributed by atoms with Crippen molar-refractivity contribution >= 4 is 27.3 Å². The number of benzene rings is 2. The monoisotopic (exact) mass is 417 g/mol. The van der Waals surface area contributed by atoms with Crippen LogP contribution in [0.5, 0.6) is 0 Å². The van der Waals surface area contributed by atoms with Crippen molar-refractivity contribution in [3.05, 3.63) is 69.8 Å². The molecule has 154 valence electrons. The largest absolute Gasteiger partial charge is 0.325 e. The molecule has 1 aliphatic rings. The number of aryl methyl sites for hydroxylation is 1. The van der Waals surface area contributed by atoms with Gasteiger partial charge in [0.25, 0.3) is 5.69 Å². The molecule has 1 fully saturated rings. The molecule has 9 heteroatoms. The zero-order chi connectivity index (χ0) is 21.0. The van der Waals surface area contributed by atoms with E-state index in [4.69, 9.17) is 0 Å². The molecule has 0 radical (unpaired) electrons. The van der Waals surface area contributed by atoms with E-state index in [0.29, 0.717) is 18.5 Å². The van der Waals surface area contributed by atoms with Crippen LogP contribution in [-0.4, -0.2) is 36.6 Å². The maximum Gasteiger partial charge on any atom is 0.271 e. The average Bonchev–Trinajstić information content (AvgIpc) is 2.70. The summed E-state index contributed by atoms with van der Waals surface area (Å²) in [4.78, 5) is 23.0. The first kappa shape index (κ1) is 20.9. The van der Waals surface area contributed by atoms with Crippen molar-refractivity contribution < 1.29 is 18.1 Å². The summed E-state index contributed by atoms with van der Waals surface area (Å²) >= 11 is 0. The minimum Gasteiger partial charge on any atom is -0.325 e. The van der Waals surface area contributed by atoms with Gasteiger partial charge in [-0.2, -0.15) is 0 Å². The van der Waals surface area contributed by atoms with E-state index in [1.807, 2.05) is 6.07 Å². The minimum atomic E-state index is -3.44. The fourth-order valence-corrected chi connectivity index (χ4v) is 4.93. The maximum atomic E-state index is 12.6. The number of nitro groups is 1. The van der Waals surface area contributed by atoms with E-state index in [9.17, 15) is 23.3 Å². The van der Waals surface area contributed by atoms with Crippen LogP contribution in [0.3, 0.4) is 0 Å². The molecule has 8 nitrogen and oxygen atoms in total. The third kappa shape index (κ3) is 5.18. The third-order valence-electron chi connectivity index (χ3n) is 5.10. The number of carbonyl (C=O) groups is 1. The van der Waals surface area contributed by atoms with Crippen LogP contribution in [0.4, 0.5) is 11.4 Å². The molecule has 2 aromatic carbocycles. The van der Waals surface area contributed by atoms with Crippen molar-refractivity contribution in [2.75, 3.05) is 18.4 Å². The molecule has 1 aliphatic heterocycles. The highest BCUT2D eigenvalue weighted by Crippen LogP contribution is 2.26. The summed E-state index contributed by atoms with van der Waals surface area (Å²) in [5, 5.41) is 13.7. The van der Waals surface area contributed by atoms with Crippen LogP contribution in [0, 0.1) is 23.0 Å². The van der Waals surface area contributed by atoms with Crippen molar-refractivity contribution in [2.45, 2.75) is 25.5 Å². The summed E-state index contributed by atoms with van der Waals surface area (Å²) in [7, 11) is -3.44. The van der Waals surface area contributed by atoms with Crippen LogP contribution < -0.4 is 5.32 Å². The number of rotatable bonds is 6. The van der Waals surface area contributed by atoms with Gasteiger partial charge < -0.3 is 5.32 Å². The lowest BCUT2D eigenvalue weighted by Gasteiger charge is -2.30. The molecule has 3 rings (SSSR count). The highest BCUT2D eigenvalue weighted by Gasteiger charge is 2.31. The molecule has 0 unspecified atom stereocenters. The van der Waals surface area contributed by atoms with Crippen LogP contribution >= 0.6 is 0 Å². The van der Waals surface area contributed by atoms with Gasteiger partial charge in [0, 0.05) is 31.1 Å². The molecular formula is C20H23N3O5S. The smallest absolute Gasteiger partial charge is 0.271 e. The Hall–Kier alpha value is -2.78. The number of carbonyl (C=O) groups excluding carboxylic acids is 1.